The Morgan fingerprint density at radius 3 is 2.57 bits per heavy atom. The van der Waals surface area contributed by atoms with E-state index in [0.29, 0.717) is 10.8 Å². The van der Waals surface area contributed by atoms with Crippen LogP contribution in [0.15, 0.2) is 15.8 Å². The molecule has 0 aromatic carbocycles. The van der Waals surface area contributed by atoms with Crippen molar-refractivity contribution in [3.63, 3.8) is 0 Å². The van der Waals surface area contributed by atoms with E-state index in [2.05, 4.69) is 4.74 Å². The first kappa shape index (κ1) is 15.7. The smallest absolute Gasteiger partial charge is 0.393 e. The standard InChI is InChI=1S/C10H10F4N2O5/c11-4-2-16(8(20)15-7(4)19)6-1-5(18)9(3-17,21-6)10(12,13)14/h2,5-6,17-18H,1,3H2,(H,15,19,20)/t5-,6+,9+/m0/s1. The third-order valence-corrected chi connectivity index (χ3v) is 3.26. The van der Waals surface area contributed by atoms with Gasteiger partial charge in [-0.15, -0.1) is 0 Å². The Morgan fingerprint density at radius 1 is 1.48 bits per heavy atom. The number of ether oxygens (including phenoxy) is 1. The molecule has 1 aromatic heterocycles. The fourth-order valence-corrected chi connectivity index (χ4v) is 2.08. The van der Waals surface area contributed by atoms with Crippen LogP contribution in [0.3, 0.4) is 0 Å². The summed E-state index contributed by atoms with van der Waals surface area (Å²) in [6.45, 7) is -1.57. The van der Waals surface area contributed by atoms with E-state index in [4.69, 9.17) is 5.11 Å². The molecule has 1 aliphatic heterocycles. The third kappa shape index (κ3) is 2.36. The monoisotopic (exact) mass is 314 g/mol. The van der Waals surface area contributed by atoms with E-state index >= 15 is 0 Å². The second-order valence-corrected chi connectivity index (χ2v) is 4.51. The van der Waals surface area contributed by atoms with Gasteiger partial charge in [0.1, 0.15) is 6.23 Å². The molecule has 0 spiro atoms. The number of hydrogen-bond donors (Lipinski definition) is 3. The fraction of sp³-hybridized carbons (Fsp3) is 0.600. The molecule has 118 valence electrons. The summed E-state index contributed by atoms with van der Waals surface area (Å²) in [5.74, 6) is -1.40. The number of nitrogens with zero attached hydrogens (tertiary/aromatic N) is 1. The minimum Gasteiger partial charge on any atom is -0.393 e. The molecular formula is C10H10F4N2O5. The number of aliphatic hydroxyl groups is 2. The lowest BCUT2D eigenvalue weighted by atomic mass is 9.97. The highest BCUT2D eigenvalue weighted by molar-refractivity contribution is 5.02. The lowest BCUT2D eigenvalue weighted by molar-refractivity contribution is -0.305. The molecule has 7 nitrogen and oxygen atoms in total. The lowest BCUT2D eigenvalue weighted by Crippen LogP contribution is -2.55. The second kappa shape index (κ2) is 4.93. The number of H-pyrrole nitrogens is 1. The maximum Gasteiger partial charge on any atom is 0.422 e. The van der Waals surface area contributed by atoms with E-state index in [9.17, 15) is 32.3 Å². The van der Waals surface area contributed by atoms with Gasteiger partial charge in [0.05, 0.1) is 18.9 Å². The fourth-order valence-electron chi connectivity index (χ4n) is 2.08. The van der Waals surface area contributed by atoms with Gasteiger partial charge in [0.25, 0.3) is 5.56 Å². The number of hydrogen-bond acceptors (Lipinski definition) is 5. The van der Waals surface area contributed by atoms with Gasteiger partial charge in [-0.3, -0.25) is 14.3 Å². The minimum atomic E-state index is -5.11. The number of nitrogens with one attached hydrogen (secondary N) is 1. The van der Waals surface area contributed by atoms with E-state index in [0.717, 1.165) is 0 Å². The van der Waals surface area contributed by atoms with Gasteiger partial charge in [0, 0.05) is 6.42 Å². The molecule has 3 N–H and O–H groups in total. The number of alkyl halides is 3. The summed E-state index contributed by atoms with van der Waals surface area (Å²) in [7, 11) is 0. The van der Waals surface area contributed by atoms with Crippen molar-refractivity contribution in [1.82, 2.24) is 9.55 Å². The lowest BCUT2D eigenvalue weighted by Gasteiger charge is -2.32. The van der Waals surface area contributed by atoms with Crippen LogP contribution in [-0.2, 0) is 4.74 Å². The van der Waals surface area contributed by atoms with Crippen molar-refractivity contribution in [2.75, 3.05) is 6.61 Å². The van der Waals surface area contributed by atoms with Crippen molar-refractivity contribution in [2.24, 2.45) is 0 Å². The van der Waals surface area contributed by atoms with Crippen molar-refractivity contribution in [1.29, 1.82) is 0 Å². The zero-order valence-corrected chi connectivity index (χ0v) is 10.2. The summed E-state index contributed by atoms with van der Waals surface area (Å²) < 4.78 is 56.9. The summed E-state index contributed by atoms with van der Waals surface area (Å²) in [5, 5.41) is 18.5. The molecule has 1 saturated heterocycles. The van der Waals surface area contributed by atoms with E-state index in [-0.39, 0.29) is 0 Å². The van der Waals surface area contributed by atoms with Crippen molar-refractivity contribution >= 4 is 0 Å². The van der Waals surface area contributed by atoms with Crippen LogP contribution in [-0.4, -0.2) is 44.3 Å². The molecule has 0 bridgehead atoms. The van der Waals surface area contributed by atoms with Gasteiger partial charge in [-0.1, -0.05) is 0 Å². The summed E-state index contributed by atoms with van der Waals surface area (Å²) in [5.41, 5.74) is -5.81. The van der Waals surface area contributed by atoms with Gasteiger partial charge in [-0.25, -0.2) is 4.79 Å². The van der Waals surface area contributed by atoms with Crippen LogP contribution in [0.25, 0.3) is 0 Å². The molecule has 2 rings (SSSR count). The zero-order valence-electron chi connectivity index (χ0n) is 10.2. The van der Waals surface area contributed by atoms with Crippen LogP contribution in [0.1, 0.15) is 12.6 Å². The topological polar surface area (TPSA) is 105 Å². The Morgan fingerprint density at radius 2 is 2.10 bits per heavy atom. The molecule has 0 unspecified atom stereocenters. The molecule has 1 fully saturated rings. The number of rotatable bonds is 2. The number of halogens is 4. The minimum absolute atomic E-state index is 0.377. The summed E-state index contributed by atoms with van der Waals surface area (Å²) in [6.07, 6.45) is -9.30. The Labute approximate surface area is 113 Å². The van der Waals surface area contributed by atoms with Crippen LogP contribution in [0.4, 0.5) is 17.6 Å². The Bertz CT molecular complexity index is 654. The number of aromatic amines is 1. The zero-order chi connectivity index (χ0) is 16.0. The first-order valence-corrected chi connectivity index (χ1v) is 5.67. The Kier molecular flexibility index (Phi) is 3.68. The quantitative estimate of drug-likeness (QED) is 0.623. The van der Waals surface area contributed by atoms with Gasteiger partial charge in [0.15, 0.2) is 0 Å². The van der Waals surface area contributed by atoms with E-state index < -0.39 is 54.2 Å². The van der Waals surface area contributed by atoms with Gasteiger partial charge in [0.2, 0.25) is 11.4 Å². The molecule has 2 heterocycles. The van der Waals surface area contributed by atoms with Crippen LogP contribution in [0.5, 0.6) is 0 Å². The highest BCUT2D eigenvalue weighted by Crippen LogP contribution is 2.46. The van der Waals surface area contributed by atoms with Crippen LogP contribution < -0.4 is 11.2 Å². The molecule has 0 saturated carbocycles. The van der Waals surface area contributed by atoms with Gasteiger partial charge < -0.3 is 14.9 Å². The van der Waals surface area contributed by atoms with Crippen LogP contribution in [0, 0.1) is 5.82 Å². The average Bonchev–Trinajstić information content (AvgIpc) is 2.71. The summed E-state index contributed by atoms with van der Waals surface area (Å²) in [4.78, 5) is 23.9. The predicted molar refractivity (Wildman–Crippen MR) is 57.9 cm³/mol. The van der Waals surface area contributed by atoms with Gasteiger partial charge in [-0.2, -0.15) is 17.6 Å². The van der Waals surface area contributed by atoms with Crippen LogP contribution >= 0.6 is 0 Å². The molecule has 0 radical (unpaired) electrons. The van der Waals surface area contributed by atoms with Crippen molar-refractivity contribution < 1.29 is 32.5 Å². The normalized spacial score (nSPS) is 29.8. The van der Waals surface area contributed by atoms with Crippen molar-refractivity contribution in [3.8, 4) is 0 Å². The molecule has 1 aromatic rings. The molecule has 3 atom stereocenters. The van der Waals surface area contributed by atoms with Crippen molar-refractivity contribution in [3.05, 3.63) is 32.9 Å². The molecule has 1 aliphatic rings. The van der Waals surface area contributed by atoms with Gasteiger partial charge in [-0.05, 0) is 0 Å². The summed E-state index contributed by atoms with van der Waals surface area (Å²) >= 11 is 0. The predicted octanol–water partition coefficient (Wildman–Crippen LogP) is -0.751. The molecule has 0 amide bonds. The third-order valence-electron chi connectivity index (χ3n) is 3.26. The van der Waals surface area contributed by atoms with Crippen molar-refractivity contribution in [2.45, 2.75) is 30.5 Å². The van der Waals surface area contributed by atoms with E-state index in [1.54, 1.807) is 4.98 Å². The summed E-state index contributed by atoms with van der Waals surface area (Å²) in [6, 6.07) is 0. The highest BCUT2D eigenvalue weighted by Gasteiger charge is 2.65. The maximum atomic E-state index is 13.1. The molecule has 21 heavy (non-hydrogen) atoms. The Balaban J connectivity index is 2.45. The maximum absolute atomic E-state index is 13.1. The van der Waals surface area contributed by atoms with Gasteiger partial charge >= 0.3 is 11.9 Å². The molecule has 11 heteroatoms. The van der Waals surface area contributed by atoms with E-state index in [1.165, 1.54) is 0 Å². The SMILES string of the molecule is O=c1[nH]c(=O)n([C@H]2C[C@H](O)[C@](CO)(C(F)(F)F)O2)cc1F. The first-order chi connectivity index (χ1) is 9.62. The Hall–Kier alpha value is -1.72. The first-order valence-electron chi connectivity index (χ1n) is 5.67. The highest BCUT2D eigenvalue weighted by atomic mass is 19.4. The number of aromatic nitrogens is 2. The molecular weight excluding hydrogens is 304 g/mol. The molecule has 0 aliphatic carbocycles. The average molecular weight is 314 g/mol. The number of aliphatic hydroxyl groups excluding tert-OH is 2. The van der Waals surface area contributed by atoms with E-state index in [1.807, 2.05) is 0 Å². The van der Waals surface area contributed by atoms with Crippen LogP contribution in [0.2, 0.25) is 0 Å². The largest absolute Gasteiger partial charge is 0.422 e. The second-order valence-electron chi connectivity index (χ2n) is 4.51.